The number of halogens is 1. The van der Waals surface area contributed by atoms with E-state index in [1.165, 1.54) is 0 Å². The molecule has 1 aliphatic rings. The summed E-state index contributed by atoms with van der Waals surface area (Å²) in [4.78, 5) is 4.00. The van der Waals surface area contributed by atoms with E-state index >= 15 is 0 Å². The van der Waals surface area contributed by atoms with Gasteiger partial charge in [-0.15, -0.1) is 0 Å². The van der Waals surface area contributed by atoms with Gasteiger partial charge in [0.05, 0.1) is 5.69 Å². The SMILES string of the molecule is CCC1(CC)CCN(S(=O)(=O)c2sc(Cl)nc2C)C1. The van der Waals surface area contributed by atoms with Crippen molar-refractivity contribution in [2.45, 2.75) is 44.2 Å². The van der Waals surface area contributed by atoms with Gasteiger partial charge in [-0.3, -0.25) is 0 Å². The second kappa shape index (κ2) is 5.31. The first-order valence-electron chi connectivity index (χ1n) is 6.48. The van der Waals surface area contributed by atoms with Crippen LogP contribution in [0.15, 0.2) is 4.21 Å². The van der Waals surface area contributed by atoms with Crippen molar-refractivity contribution in [1.29, 1.82) is 0 Å². The van der Waals surface area contributed by atoms with Crippen LogP contribution in [0.25, 0.3) is 0 Å². The molecule has 0 spiro atoms. The molecule has 0 N–H and O–H groups in total. The Kier molecular flexibility index (Phi) is 4.26. The molecule has 0 aromatic carbocycles. The number of aromatic nitrogens is 1. The molecule has 0 saturated carbocycles. The van der Waals surface area contributed by atoms with Crippen molar-refractivity contribution in [3.8, 4) is 0 Å². The molecule has 0 unspecified atom stereocenters. The van der Waals surface area contributed by atoms with Gasteiger partial charge in [0.15, 0.2) is 8.68 Å². The zero-order valence-corrected chi connectivity index (χ0v) is 13.8. The molecule has 1 aliphatic heterocycles. The molecule has 1 aromatic rings. The number of rotatable bonds is 4. The molecular weight excluding hydrogens is 304 g/mol. The molecule has 0 aliphatic carbocycles. The minimum atomic E-state index is -3.43. The van der Waals surface area contributed by atoms with E-state index in [4.69, 9.17) is 11.6 Å². The topological polar surface area (TPSA) is 50.3 Å². The summed E-state index contributed by atoms with van der Waals surface area (Å²) in [6.45, 7) is 7.16. The Hall–Kier alpha value is -0.170. The Morgan fingerprint density at radius 1 is 1.42 bits per heavy atom. The number of aryl methyl sites for hydroxylation is 1. The molecule has 0 radical (unpaired) electrons. The molecule has 7 heteroatoms. The van der Waals surface area contributed by atoms with Crippen LogP contribution >= 0.6 is 22.9 Å². The predicted molar refractivity (Wildman–Crippen MR) is 78.3 cm³/mol. The summed E-state index contributed by atoms with van der Waals surface area (Å²) in [7, 11) is -3.43. The molecule has 2 rings (SSSR count). The van der Waals surface area contributed by atoms with Crippen LogP contribution in [0, 0.1) is 12.3 Å². The van der Waals surface area contributed by atoms with Crippen molar-refractivity contribution in [1.82, 2.24) is 9.29 Å². The summed E-state index contributed by atoms with van der Waals surface area (Å²) < 4.78 is 27.4. The van der Waals surface area contributed by atoms with Crippen molar-refractivity contribution in [2.75, 3.05) is 13.1 Å². The lowest BCUT2D eigenvalue weighted by Crippen LogP contribution is -2.31. The van der Waals surface area contributed by atoms with Gasteiger partial charge in [0.1, 0.15) is 0 Å². The number of hydrogen-bond acceptors (Lipinski definition) is 4. The second-order valence-corrected chi connectivity index (χ2v) is 8.85. The summed E-state index contributed by atoms with van der Waals surface area (Å²) in [6.07, 6.45) is 2.96. The van der Waals surface area contributed by atoms with Gasteiger partial charge >= 0.3 is 0 Å². The van der Waals surface area contributed by atoms with Gasteiger partial charge in [-0.1, -0.05) is 36.8 Å². The van der Waals surface area contributed by atoms with Crippen LogP contribution in [0.3, 0.4) is 0 Å². The van der Waals surface area contributed by atoms with Gasteiger partial charge < -0.3 is 0 Å². The third kappa shape index (κ3) is 2.68. The summed E-state index contributed by atoms with van der Waals surface area (Å²) in [6, 6.07) is 0. The van der Waals surface area contributed by atoms with E-state index in [9.17, 15) is 8.42 Å². The molecule has 1 saturated heterocycles. The Morgan fingerprint density at radius 2 is 2.05 bits per heavy atom. The zero-order chi connectivity index (χ0) is 14.3. The summed E-state index contributed by atoms with van der Waals surface area (Å²) in [5.41, 5.74) is 0.635. The highest BCUT2D eigenvalue weighted by Crippen LogP contribution is 2.40. The molecule has 1 aromatic heterocycles. The normalized spacial score (nSPS) is 20.0. The molecule has 108 valence electrons. The fraction of sp³-hybridized carbons (Fsp3) is 0.750. The maximum absolute atomic E-state index is 12.6. The minimum absolute atomic E-state index is 0.134. The highest BCUT2D eigenvalue weighted by atomic mass is 35.5. The minimum Gasteiger partial charge on any atom is -0.229 e. The summed E-state index contributed by atoms with van der Waals surface area (Å²) >= 11 is 6.86. The van der Waals surface area contributed by atoms with Crippen LogP contribution in [0.5, 0.6) is 0 Å². The van der Waals surface area contributed by atoms with E-state index in [0.717, 1.165) is 30.6 Å². The van der Waals surface area contributed by atoms with E-state index in [1.54, 1.807) is 11.2 Å². The molecular formula is C12H19ClN2O2S2. The standard InChI is InChI=1S/C12H19ClN2O2S2/c1-4-12(5-2)6-7-15(8-12)19(16,17)10-9(3)14-11(13)18-10/h4-8H2,1-3H3. The van der Waals surface area contributed by atoms with E-state index in [2.05, 4.69) is 18.8 Å². The maximum atomic E-state index is 12.6. The lowest BCUT2D eigenvalue weighted by Gasteiger charge is -2.26. The van der Waals surface area contributed by atoms with E-state index < -0.39 is 10.0 Å². The first-order valence-corrected chi connectivity index (χ1v) is 9.11. The van der Waals surface area contributed by atoms with Crippen molar-refractivity contribution < 1.29 is 8.42 Å². The van der Waals surface area contributed by atoms with Gasteiger partial charge in [0.25, 0.3) is 10.0 Å². The average molecular weight is 323 g/mol. The fourth-order valence-electron chi connectivity index (χ4n) is 2.63. The van der Waals surface area contributed by atoms with Crippen LogP contribution < -0.4 is 0 Å². The largest absolute Gasteiger partial charge is 0.254 e. The monoisotopic (exact) mass is 322 g/mol. The maximum Gasteiger partial charge on any atom is 0.254 e. The van der Waals surface area contributed by atoms with Gasteiger partial charge in [0, 0.05) is 13.1 Å². The Balaban J connectivity index is 2.30. The Bertz CT molecular complexity index is 564. The van der Waals surface area contributed by atoms with Crippen LogP contribution in [-0.2, 0) is 10.0 Å². The van der Waals surface area contributed by atoms with E-state index in [0.29, 0.717) is 23.0 Å². The van der Waals surface area contributed by atoms with Gasteiger partial charge in [0.2, 0.25) is 0 Å². The predicted octanol–water partition coefficient (Wildman–Crippen LogP) is 3.31. The van der Waals surface area contributed by atoms with E-state index in [-0.39, 0.29) is 9.88 Å². The summed E-state index contributed by atoms with van der Waals surface area (Å²) in [5, 5.41) is 0. The van der Waals surface area contributed by atoms with Gasteiger partial charge in [-0.2, -0.15) is 4.31 Å². The van der Waals surface area contributed by atoms with Crippen molar-refractivity contribution in [2.24, 2.45) is 5.41 Å². The first kappa shape index (κ1) is 15.2. The van der Waals surface area contributed by atoms with Crippen molar-refractivity contribution in [3.63, 3.8) is 0 Å². The third-order valence-electron chi connectivity index (χ3n) is 4.21. The van der Waals surface area contributed by atoms with Crippen LogP contribution in [0.1, 0.15) is 38.8 Å². The number of hydrogen-bond donors (Lipinski definition) is 0. The Morgan fingerprint density at radius 3 is 2.47 bits per heavy atom. The smallest absolute Gasteiger partial charge is 0.229 e. The molecule has 19 heavy (non-hydrogen) atoms. The Labute approximate surface area is 123 Å². The lowest BCUT2D eigenvalue weighted by atomic mass is 9.82. The van der Waals surface area contributed by atoms with Crippen molar-refractivity contribution >= 4 is 33.0 Å². The molecule has 2 heterocycles. The number of nitrogens with zero attached hydrogens (tertiary/aromatic N) is 2. The number of sulfonamides is 1. The summed E-state index contributed by atoms with van der Waals surface area (Å²) in [5.74, 6) is 0. The van der Waals surface area contributed by atoms with Crippen LogP contribution in [0.2, 0.25) is 4.47 Å². The van der Waals surface area contributed by atoms with Gasteiger partial charge in [-0.25, -0.2) is 13.4 Å². The van der Waals surface area contributed by atoms with Crippen LogP contribution in [0.4, 0.5) is 0 Å². The average Bonchev–Trinajstić information content (AvgIpc) is 2.94. The van der Waals surface area contributed by atoms with Crippen molar-refractivity contribution in [3.05, 3.63) is 10.2 Å². The third-order valence-corrected chi connectivity index (χ3v) is 7.90. The highest BCUT2D eigenvalue weighted by molar-refractivity contribution is 7.91. The first-order chi connectivity index (χ1) is 8.84. The molecule has 0 atom stereocenters. The van der Waals surface area contributed by atoms with Crippen LogP contribution in [-0.4, -0.2) is 30.8 Å². The molecule has 0 amide bonds. The molecule has 0 bridgehead atoms. The molecule has 1 fully saturated rings. The fourth-order valence-corrected chi connectivity index (χ4v) is 6.06. The zero-order valence-electron chi connectivity index (χ0n) is 11.4. The van der Waals surface area contributed by atoms with Gasteiger partial charge in [-0.05, 0) is 31.6 Å². The highest BCUT2D eigenvalue weighted by Gasteiger charge is 2.41. The second-order valence-electron chi connectivity index (χ2n) is 5.14. The quantitative estimate of drug-likeness (QED) is 0.854. The number of thiazole rings is 1. The molecule has 4 nitrogen and oxygen atoms in total. The lowest BCUT2D eigenvalue weighted by molar-refractivity contribution is 0.280. The van der Waals surface area contributed by atoms with E-state index in [1.807, 2.05) is 0 Å².